The third kappa shape index (κ3) is 2.29. The molecule has 0 unspecified atom stereocenters. The minimum absolute atomic E-state index is 0.168. The van der Waals surface area contributed by atoms with Crippen molar-refractivity contribution in [2.75, 3.05) is 13.1 Å². The van der Waals surface area contributed by atoms with Gasteiger partial charge in [-0.05, 0) is 13.0 Å². The Balaban J connectivity index is 2.17. The van der Waals surface area contributed by atoms with Gasteiger partial charge in [0.2, 0.25) is 11.8 Å². The number of ketones is 1. The topological polar surface area (TPSA) is 99.3 Å². The molecule has 1 aliphatic heterocycles. The summed E-state index contributed by atoms with van der Waals surface area (Å²) in [6.07, 6.45) is 1.42. The Morgan fingerprint density at radius 2 is 1.83 bits per heavy atom. The second-order valence-corrected chi connectivity index (χ2v) is 3.99. The summed E-state index contributed by atoms with van der Waals surface area (Å²) in [4.78, 5) is 49.1. The normalized spacial score (nSPS) is 15.5. The lowest BCUT2D eigenvalue weighted by molar-refractivity contribution is -0.135. The fourth-order valence-electron chi connectivity index (χ4n) is 1.67. The lowest BCUT2D eigenvalue weighted by Crippen LogP contribution is -2.53. The Bertz CT molecular complexity index is 530. The summed E-state index contributed by atoms with van der Waals surface area (Å²) in [5.74, 6) is -1.68. The molecule has 0 aliphatic carbocycles. The van der Waals surface area contributed by atoms with E-state index in [-0.39, 0.29) is 24.6 Å². The fourth-order valence-corrected chi connectivity index (χ4v) is 1.67. The van der Waals surface area contributed by atoms with Gasteiger partial charge in [0.1, 0.15) is 18.8 Å². The molecular weight excluding hydrogens is 238 g/mol. The number of nitrogens with one attached hydrogen (secondary N) is 2. The fraction of sp³-hybridized carbons (Fsp3) is 0.273. The number of Topliss-reactive ketones (excluding diaryl/α,β-unsaturated/α-hetero) is 1. The van der Waals surface area contributed by atoms with Crippen molar-refractivity contribution in [2.24, 2.45) is 0 Å². The highest BCUT2D eigenvalue weighted by Gasteiger charge is 2.27. The Morgan fingerprint density at radius 1 is 1.22 bits per heavy atom. The Kier molecular flexibility index (Phi) is 2.97. The molecule has 0 saturated carbocycles. The van der Waals surface area contributed by atoms with E-state index in [0.29, 0.717) is 5.56 Å². The van der Waals surface area contributed by atoms with Gasteiger partial charge in [0, 0.05) is 11.8 Å². The molecule has 1 fully saturated rings. The maximum Gasteiger partial charge on any atom is 0.271 e. The van der Waals surface area contributed by atoms with Gasteiger partial charge in [-0.25, -0.2) is 0 Å². The van der Waals surface area contributed by atoms with E-state index in [1.807, 2.05) is 0 Å². The quantitative estimate of drug-likeness (QED) is 0.535. The Labute approximate surface area is 102 Å². The number of hydrogen-bond acceptors (Lipinski definition) is 4. The van der Waals surface area contributed by atoms with Crippen LogP contribution in [0.25, 0.3) is 0 Å². The van der Waals surface area contributed by atoms with E-state index in [1.54, 1.807) is 0 Å². The Morgan fingerprint density at radius 3 is 2.33 bits per heavy atom. The summed E-state index contributed by atoms with van der Waals surface area (Å²) in [7, 11) is 0. The van der Waals surface area contributed by atoms with Crippen LogP contribution in [-0.4, -0.2) is 46.5 Å². The summed E-state index contributed by atoms with van der Waals surface area (Å²) < 4.78 is 0. The molecule has 18 heavy (non-hydrogen) atoms. The van der Waals surface area contributed by atoms with Crippen LogP contribution >= 0.6 is 0 Å². The Hall–Kier alpha value is -2.44. The molecule has 0 aromatic carbocycles. The molecule has 2 N–H and O–H groups in total. The second kappa shape index (κ2) is 4.44. The van der Waals surface area contributed by atoms with Gasteiger partial charge in [0.05, 0.1) is 0 Å². The van der Waals surface area contributed by atoms with E-state index in [4.69, 9.17) is 0 Å². The van der Waals surface area contributed by atoms with Gasteiger partial charge in [-0.1, -0.05) is 0 Å². The van der Waals surface area contributed by atoms with E-state index in [0.717, 1.165) is 4.90 Å². The van der Waals surface area contributed by atoms with Crippen LogP contribution in [0.1, 0.15) is 27.8 Å². The number of nitrogens with zero attached hydrogens (tertiary/aromatic N) is 1. The first kappa shape index (κ1) is 12.0. The lowest BCUT2D eigenvalue weighted by atomic mass is 10.2. The van der Waals surface area contributed by atoms with E-state index >= 15 is 0 Å². The number of imide groups is 1. The van der Waals surface area contributed by atoms with Crippen LogP contribution < -0.4 is 5.32 Å². The highest BCUT2D eigenvalue weighted by Crippen LogP contribution is 2.08. The zero-order valence-electron chi connectivity index (χ0n) is 9.65. The van der Waals surface area contributed by atoms with Crippen LogP contribution in [0.4, 0.5) is 0 Å². The number of aromatic nitrogens is 1. The monoisotopic (exact) mass is 249 g/mol. The van der Waals surface area contributed by atoms with Crippen LogP contribution in [-0.2, 0) is 9.59 Å². The molecule has 7 nitrogen and oxygen atoms in total. The van der Waals surface area contributed by atoms with E-state index in [2.05, 4.69) is 10.3 Å². The molecule has 0 bridgehead atoms. The maximum absolute atomic E-state index is 12.0. The van der Waals surface area contributed by atoms with E-state index in [1.165, 1.54) is 19.2 Å². The van der Waals surface area contributed by atoms with Crippen molar-refractivity contribution in [1.82, 2.24) is 15.2 Å². The summed E-state index contributed by atoms with van der Waals surface area (Å²) >= 11 is 0. The molecule has 1 aromatic heterocycles. The molecule has 1 aromatic rings. The van der Waals surface area contributed by atoms with Crippen molar-refractivity contribution in [3.63, 3.8) is 0 Å². The number of rotatable bonds is 2. The van der Waals surface area contributed by atoms with Crippen molar-refractivity contribution in [2.45, 2.75) is 6.92 Å². The maximum atomic E-state index is 12.0. The first-order chi connectivity index (χ1) is 8.47. The molecule has 1 saturated heterocycles. The summed E-state index contributed by atoms with van der Waals surface area (Å²) in [6.45, 7) is 1.05. The summed E-state index contributed by atoms with van der Waals surface area (Å²) in [5, 5.41) is 2.10. The number of H-pyrrole nitrogens is 1. The third-order valence-electron chi connectivity index (χ3n) is 2.55. The third-order valence-corrected chi connectivity index (χ3v) is 2.55. The molecule has 2 rings (SSSR count). The zero-order valence-corrected chi connectivity index (χ0v) is 9.65. The van der Waals surface area contributed by atoms with Crippen molar-refractivity contribution < 1.29 is 19.2 Å². The van der Waals surface area contributed by atoms with Crippen LogP contribution in [0, 0.1) is 0 Å². The predicted octanol–water partition coefficient (Wildman–Crippen LogP) is -0.684. The van der Waals surface area contributed by atoms with Gasteiger partial charge in [-0.15, -0.1) is 0 Å². The number of carbonyl (C=O) groups is 4. The van der Waals surface area contributed by atoms with Crippen LogP contribution in [0.5, 0.6) is 0 Å². The second-order valence-electron chi connectivity index (χ2n) is 3.99. The van der Waals surface area contributed by atoms with Gasteiger partial charge in [0.25, 0.3) is 5.91 Å². The first-order valence-corrected chi connectivity index (χ1v) is 5.28. The number of amides is 3. The smallest absolute Gasteiger partial charge is 0.271 e. The van der Waals surface area contributed by atoms with Gasteiger partial charge >= 0.3 is 0 Å². The van der Waals surface area contributed by atoms with Crippen LogP contribution in [0.2, 0.25) is 0 Å². The summed E-state index contributed by atoms with van der Waals surface area (Å²) in [6, 6.07) is 1.40. The highest BCUT2D eigenvalue weighted by atomic mass is 16.2. The van der Waals surface area contributed by atoms with Crippen molar-refractivity contribution >= 4 is 23.5 Å². The number of piperazine rings is 1. The summed E-state index contributed by atoms with van der Waals surface area (Å²) in [5.41, 5.74) is 0.564. The number of hydrogen-bond donors (Lipinski definition) is 2. The van der Waals surface area contributed by atoms with Crippen molar-refractivity contribution in [3.05, 3.63) is 23.5 Å². The van der Waals surface area contributed by atoms with E-state index in [9.17, 15) is 19.2 Å². The molecule has 2 heterocycles. The average molecular weight is 249 g/mol. The molecule has 7 heteroatoms. The minimum atomic E-state index is -0.516. The highest BCUT2D eigenvalue weighted by molar-refractivity contribution is 6.06. The molecule has 0 radical (unpaired) electrons. The zero-order chi connectivity index (χ0) is 13.3. The predicted molar refractivity (Wildman–Crippen MR) is 59.9 cm³/mol. The number of carbonyl (C=O) groups excluding carboxylic acids is 4. The SMILES string of the molecule is CC(=O)c1c[nH]c(C(=O)N2CC(=O)NC(=O)C2)c1. The standard InChI is InChI=1S/C11H11N3O4/c1-6(15)7-2-8(12-3-7)11(18)14-4-9(16)13-10(17)5-14/h2-3,12H,4-5H2,1H3,(H,13,16,17). The van der Waals surface area contributed by atoms with Gasteiger partial charge in [-0.3, -0.25) is 24.5 Å². The van der Waals surface area contributed by atoms with Crippen molar-refractivity contribution in [3.8, 4) is 0 Å². The molecule has 0 spiro atoms. The minimum Gasteiger partial charge on any atom is -0.356 e. The molecule has 94 valence electrons. The van der Waals surface area contributed by atoms with Gasteiger partial charge in [0.15, 0.2) is 5.78 Å². The molecule has 0 atom stereocenters. The largest absolute Gasteiger partial charge is 0.356 e. The van der Waals surface area contributed by atoms with E-state index < -0.39 is 17.7 Å². The van der Waals surface area contributed by atoms with Crippen LogP contribution in [0.3, 0.4) is 0 Å². The van der Waals surface area contributed by atoms with Gasteiger partial charge < -0.3 is 9.88 Å². The average Bonchev–Trinajstić information content (AvgIpc) is 2.75. The lowest BCUT2D eigenvalue weighted by Gasteiger charge is -2.24. The first-order valence-electron chi connectivity index (χ1n) is 5.28. The van der Waals surface area contributed by atoms with Crippen LogP contribution in [0.15, 0.2) is 12.3 Å². The number of aromatic amines is 1. The molecule has 3 amide bonds. The van der Waals surface area contributed by atoms with Gasteiger partial charge in [-0.2, -0.15) is 0 Å². The molecular formula is C11H11N3O4. The van der Waals surface area contributed by atoms with Crippen molar-refractivity contribution in [1.29, 1.82) is 0 Å². The molecule has 1 aliphatic rings.